The van der Waals surface area contributed by atoms with Crippen molar-refractivity contribution in [1.82, 2.24) is 24.3 Å². The number of aromatic nitrogens is 5. The van der Waals surface area contributed by atoms with Crippen molar-refractivity contribution < 1.29 is 9.18 Å². The molecule has 4 aromatic rings. The Labute approximate surface area is 205 Å². The molecule has 8 nitrogen and oxygen atoms in total. The van der Waals surface area contributed by atoms with Gasteiger partial charge < -0.3 is 15.5 Å². The van der Waals surface area contributed by atoms with Crippen molar-refractivity contribution in [3.05, 3.63) is 64.5 Å². The van der Waals surface area contributed by atoms with E-state index in [-0.39, 0.29) is 22.7 Å². The molecule has 1 aromatic carbocycles. The van der Waals surface area contributed by atoms with Gasteiger partial charge in [-0.05, 0) is 49.3 Å². The minimum absolute atomic E-state index is 0.00209. The van der Waals surface area contributed by atoms with Crippen molar-refractivity contribution in [2.75, 3.05) is 11.1 Å². The smallest absolute Gasteiger partial charge is 0.241 e. The molecule has 1 fully saturated rings. The lowest BCUT2D eigenvalue weighted by Crippen LogP contribution is -2.38. The van der Waals surface area contributed by atoms with E-state index in [0.29, 0.717) is 28.5 Å². The third kappa shape index (κ3) is 3.29. The molecule has 4 heterocycles. The lowest BCUT2D eigenvalue weighted by atomic mass is 9.71. The Morgan fingerprint density at radius 3 is 2.86 bits per heavy atom. The summed E-state index contributed by atoms with van der Waals surface area (Å²) in [5.74, 6) is -0.0721. The molecule has 1 atom stereocenters. The Hall–Kier alpha value is -3.59. The number of aryl methyl sites for hydroxylation is 1. The number of imidazole rings is 1. The number of nitrogens with one attached hydrogen (secondary N) is 1. The van der Waals surface area contributed by atoms with E-state index in [0.717, 1.165) is 43.4 Å². The molecule has 0 spiro atoms. The van der Waals surface area contributed by atoms with E-state index < -0.39 is 11.2 Å². The summed E-state index contributed by atoms with van der Waals surface area (Å²) in [6.45, 7) is 2.12. The second-order valence-electron chi connectivity index (χ2n) is 9.16. The summed E-state index contributed by atoms with van der Waals surface area (Å²) < 4.78 is 16.4. The van der Waals surface area contributed by atoms with Crippen LogP contribution in [0.25, 0.3) is 17.2 Å². The van der Waals surface area contributed by atoms with Gasteiger partial charge in [0.25, 0.3) is 0 Å². The normalized spacial score (nSPS) is 19.2. The Balaban J connectivity index is 1.51. The number of fused-ring (bicyclic) bond motifs is 2. The first-order chi connectivity index (χ1) is 16.9. The summed E-state index contributed by atoms with van der Waals surface area (Å²) in [6, 6.07) is 4.46. The molecule has 178 valence electrons. The number of rotatable bonds is 6. The van der Waals surface area contributed by atoms with E-state index in [2.05, 4.69) is 27.2 Å². The van der Waals surface area contributed by atoms with Crippen LogP contribution in [-0.4, -0.2) is 30.2 Å². The number of anilines is 2. The molecule has 6 rings (SSSR count). The van der Waals surface area contributed by atoms with Gasteiger partial charge in [0, 0.05) is 18.6 Å². The maximum Gasteiger partial charge on any atom is 0.241 e. The number of nitrogen functional groups attached to an aromatic ring is 1. The quantitative estimate of drug-likeness (QED) is 0.409. The van der Waals surface area contributed by atoms with Gasteiger partial charge in [0.15, 0.2) is 11.5 Å². The first-order valence-electron chi connectivity index (χ1n) is 11.7. The maximum absolute atomic E-state index is 14.5. The van der Waals surface area contributed by atoms with Crippen molar-refractivity contribution in [1.29, 1.82) is 0 Å². The van der Waals surface area contributed by atoms with Gasteiger partial charge in [-0.25, -0.2) is 24.3 Å². The molecule has 10 heteroatoms. The molecule has 3 N–H and O–H groups in total. The number of carbonyl (C=O) groups excluding carboxylic acids is 1. The summed E-state index contributed by atoms with van der Waals surface area (Å²) in [5, 5.41) is 2.90. The first-order valence-corrected chi connectivity index (χ1v) is 12.1. The molecule has 1 aliphatic heterocycles. The monoisotopic (exact) mass is 491 g/mol. The van der Waals surface area contributed by atoms with Gasteiger partial charge in [0.05, 0.1) is 16.3 Å². The minimum Gasteiger partial charge on any atom is -0.383 e. The van der Waals surface area contributed by atoms with E-state index in [1.165, 1.54) is 12.1 Å². The van der Waals surface area contributed by atoms with Gasteiger partial charge in [0.2, 0.25) is 5.91 Å². The third-order valence-corrected chi connectivity index (χ3v) is 7.23. The SMILES string of the molecule is CCCCc1nc(-c2nc(N)c3c(n2)NC(=O)C3(c2ccc(Cl)c(F)c2)C2CC2)cn2ccnc12. The van der Waals surface area contributed by atoms with E-state index >= 15 is 0 Å². The van der Waals surface area contributed by atoms with Crippen molar-refractivity contribution in [2.45, 2.75) is 44.4 Å². The average Bonchev–Trinajstić information content (AvgIpc) is 3.49. The molecular weight excluding hydrogens is 469 g/mol. The van der Waals surface area contributed by atoms with E-state index in [1.54, 1.807) is 18.5 Å². The maximum atomic E-state index is 14.5. The summed E-state index contributed by atoms with van der Waals surface area (Å²) in [5.41, 5.74) is 8.54. The fourth-order valence-corrected chi connectivity index (χ4v) is 5.28. The fourth-order valence-electron chi connectivity index (χ4n) is 5.17. The van der Waals surface area contributed by atoms with E-state index in [1.807, 2.05) is 10.6 Å². The van der Waals surface area contributed by atoms with Crippen LogP contribution in [0.15, 0.2) is 36.8 Å². The minimum atomic E-state index is -1.16. The van der Waals surface area contributed by atoms with E-state index in [9.17, 15) is 9.18 Å². The molecule has 1 saturated carbocycles. The molecular formula is C25H23ClFN7O. The van der Waals surface area contributed by atoms with Crippen LogP contribution in [0.5, 0.6) is 0 Å². The molecule has 35 heavy (non-hydrogen) atoms. The van der Waals surface area contributed by atoms with Crippen molar-refractivity contribution >= 4 is 34.8 Å². The Morgan fingerprint density at radius 1 is 1.29 bits per heavy atom. The van der Waals surface area contributed by atoms with Crippen molar-refractivity contribution in [3.63, 3.8) is 0 Å². The Bertz CT molecular complexity index is 1500. The number of unbranched alkanes of at least 4 members (excludes halogenated alkanes) is 1. The number of amides is 1. The molecule has 1 aliphatic carbocycles. The molecule has 3 aromatic heterocycles. The zero-order valence-corrected chi connectivity index (χ0v) is 19.8. The lowest BCUT2D eigenvalue weighted by molar-refractivity contribution is -0.120. The highest BCUT2D eigenvalue weighted by Gasteiger charge is 2.59. The predicted molar refractivity (Wildman–Crippen MR) is 131 cm³/mol. The van der Waals surface area contributed by atoms with Crippen LogP contribution in [0, 0.1) is 11.7 Å². The predicted octanol–water partition coefficient (Wildman–Crippen LogP) is 4.55. The van der Waals surface area contributed by atoms with Crippen LogP contribution in [0.1, 0.15) is 49.4 Å². The summed E-state index contributed by atoms with van der Waals surface area (Å²) in [6.07, 6.45) is 9.79. The number of hydrogen-bond donors (Lipinski definition) is 2. The fraction of sp³-hybridized carbons (Fsp3) is 0.320. The number of benzene rings is 1. The lowest BCUT2D eigenvalue weighted by Gasteiger charge is -2.28. The standard InChI is InChI=1S/C25H23ClFN7O/c1-2-3-4-17-23-29-9-10-34(23)12-18(30-17)21-31-20(28)19-22(32-21)33-24(35)25(19,13-5-6-13)14-7-8-15(26)16(27)11-14/h7-13H,2-6H2,1H3,(H3,28,31,32,33,35). The zero-order chi connectivity index (χ0) is 24.3. The number of nitrogens with two attached hydrogens (primary N) is 1. The van der Waals surface area contributed by atoms with Crippen LogP contribution >= 0.6 is 11.6 Å². The molecule has 0 bridgehead atoms. The van der Waals surface area contributed by atoms with Crippen LogP contribution in [0.4, 0.5) is 16.0 Å². The van der Waals surface area contributed by atoms with Crippen LogP contribution in [0.3, 0.4) is 0 Å². The topological polar surface area (TPSA) is 111 Å². The van der Waals surface area contributed by atoms with Crippen LogP contribution in [0.2, 0.25) is 5.02 Å². The molecule has 1 unspecified atom stereocenters. The zero-order valence-electron chi connectivity index (χ0n) is 19.1. The average molecular weight is 492 g/mol. The van der Waals surface area contributed by atoms with Gasteiger partial charge in [-0.3, -0.25) is 4.79 Å². The highest BCUT2D eigenvalue weighted by molar-refractivity contribution is 6.30. The van der Waals surface area contributed by atoms with Gasteiger partial charge in [0.1, 0.15) is 28.6 Å². The van der Waals surface area contributed by atoms with Crippen LogP contribution < -0.4 is 11.1 Å². The molecule has 0 saturated heterocycles. The first kappa shape index (κ1) is 21.9. The van der Waals surface area contributed by atoms with Crippen molar-refractivity contribution in [2.24, 2.45) is 5.92 Å². The highest BCUT2D eigenvalue weighted by Crippen LogP contribution is 2.57. The Morgan fingerprint density at radius 2 is 2.11 bits per heavy atom. The molecule has 0 radical (unpaired) electrons. The summed E-state index contributed by atoms with van der Waals surface area (Å²) in [4.78, 5) is 32.0. The summed E-state index contributed by atoms with van der Waals surface area (Å²) in [7, 11) is 0. The van der Waals surface area contributed by atoms with Gasteiger partial charge in [-0.15, -0.1) is 0 Å². The molecule has 2 aliphatic rings. The number of carbonyl (C=O) groups is 1. The summed E-state index contributed by atoms with van der Waals surface area (Å²) >= 11 is 5.92. The second-order valence-corrected chi connectivity index (χ2v) is 9.56. The number of halogens is 2. The molecule has 1 amide bonds. The van der Waals surface area contributed by atoms with Gasteiger partial charge in [-0.2, -0.15) is 0 Å². The van der Waals surface area contributed by atoms with Crippen molar-refractivity contribution in [3.8, 4) is 11.5 Å². The third-order valence-electron chi connectivity index (χ3n) is 6.93. The largest absolute Gasteiger partial charge is 0.383 e. The number of nitrogens with zero attached hydrogens (tertiary/aromatic N) is 5. The Kier molecular flexibility index (Phi) is 5.00. The number of hydrogen-bond acceptors (Lipinski definition) is 6. The van der Waals surface area contributed by atoms with E-state index in [4.69, 9.17) is 22.3 Å². The second kappa shape index (κ2) is 7.98. The van der Waals surface area contributed by atoms with Gasteiger partial charge in [-0.1, -0.05) is 31.0 Å². The highest BCUT2D eigenvalue weighted by atomic mass is 35.5. The van der Waals surface area contributed by atoms with Crippen LogP contribution in [-0.2, 0) is 16.6 Å². The van der Waals surface area contributed by atoms with Gasteiger partial charge >= 0.3 is 0 Å².